The molecule has 0 N–H and O–H groups in total. The van der Waals surface area contributed by atoms with E-state index in [2.05, 4.69) is 0 Å². The summed E-state index contributed by atoms with van der Waals surface area (Å²) in [5.74, 6) is 0.836. The summed E-state index contributed by atoms with van der Waals surface area (Å²) in [6.45, 7) is 3.52. The highest BCUT2D eigenvalue weighted by Crippen LogP contribution is 2.47. The molecule has 0 saturated carbocycles. The van der Waals surface area contributed by atoms with Crippen molar-refractivity contribution in [1.29, 1.82) is 0 Å². The first kappa shape index (κ1) is 25.9. The topological polar surface area (TPSA) is 80.7 Å². The molecule has 1 fully saturated rings. The molecule has 2 aromatic carbocycles. The first-order valence-electron chi connectivity index (χ1n) is 12.6. The van der Waals surface area contributed by atoms with Crippen LogP contribution in [0.3, 0.4) is 0 Å². The van der Waals surface area contributed by atoms with E-state index in [1.807, 2.05) is 70.7 Å². The molecule has 9 heteroatoms. The molecule has 3 aliphatic rings. The summed E-state index contributed by atoms with van der Waals surface area (Å²) in [5, 5.41) is 2.67. The van der Waals surface area contributed by atoms with E-state index in [0.717, 1.165) is 42.8 Å². The van der Waals surface area contributed by atoms with Crippen molar-refractivity contribution in [3.63, 3.8) is 0 Å². The fourth-order valence-corrected chi connectivity index (χ4v) is 5.98. The van der Waals surface area contributed by atoms with Crippen LogP contribution in [-0.4, -0.2) is 54.2 Å². The van der Waals surface area contributed by atoms with Crippen LogP contribution in [0.5, 0.6) is 11.5 Å². The molecule has 198 valence electrons. The Morgan fingerprint density at radius 1 is 1.05 bits per heavy atom. The van der Waals surface area contributed by atoms with Gasteiger partial charge in [-0.05, 0) is 48.9 Å². The zero-order chi connectivity index (χ0) is 26.6. The Labute approximate surface area is 226 Å². The number of thioether (sulfide) groups is 1. The highest BCUT2D eigenvalue weighted by atomic mass is 32.2. The minimum atomic E-state index is -0.608. The van der Waals surface area contributed by atoms with Gasteiger partial charge in [-0.2, -0.15) is 0 Å². The maximum atomic E-state index is 13.7. The average molecular weight is 534 g/mol. The molecule has 2 aromatic rings. The molecular formula is C29H31N3O5S. The normalized spacial score (nSPS) is 18.7. The Bertz CT molecular complexity index is 1310. The fraction of sp³-hybridized carbons (Fsp3) is 0.345. The number of amides is 1. The van der Waals surface area contributed by atoms with Gasteiger partial charge in [0.05, 0.1) is 38.0 Å². The van der Waals surface area contributed by atoms with Crippen LogP contribution >= 0.6 is 11.8 Å². The molecule has 8 nitrogen and oxygen atoms in total. The Kier molecular flexibility index (Phi) is 7.74. The summed E-state index contributed by atoms with van der Waals surface area (Å²) < 4.78 is 17.1. The molecule has 0 radical (unpaired) electrons. The SMILES string of the molecule is COc1ccc(OC)c([C@H]2C(C(=O)OCc3ccccc3)=C(C)N=C3SC=C(CC(=O)N4CCCC4)N32)c1. The molecule has 3 heterocycles. The largest absolute Gasteiger partial charge is 0.497 e. The first-order valence-corrected chi connectivity index (χ1v) is 13.5. The second-order valence-electron chi connectivity index (χ2n) is 9.33. The minimum absolute atomic E-state index is 0.0754. The lowest BCUT2D eigenvalue weighted by atomic mass is 9.92. The standard InChI is InChI=1S/C29H31N3O5S/c1-19-26(28(34)37-17-20-9-5-4-6-10-20)27(23-16-22(35-2)11-12-24(23)36-3)32-21(18-38-29(32)30-19)15-25(33)31-13-7-8-14-31/h4-6,9-12,16,18,27H,7-8,13-15,17H2,1-3H3/t27-/m0/s1. The van der Waals surface area contributed by atoms with E-state index in [1.54, 1.807) is 14.2 Å². The molecule has 5 rings (SSSR count). The summed E-state index contributed by atoms with van der Waals surface area (Å²) in [4.78, 5) is 35.5. The number of carbonyl (C=O) groups is 2. The molecule has 0 spiro atoms. The third-order valence-corrected chi connectivity index (χ3v) is 7.84. The van der Waals surface area contributed by atoms with Crippen LogP contribution in [0.2, 0.25) is 0 Å². The van der Waals surface area contributed by atoms with Gasteiger partial charge in [-0.3, -0.25) is 4.79 Å². The van der Waals surface area contributed by atoms with Crippen LogP contribution in [0.4, 0.5) is 0 Å². The van der Waals surface area contributed by atoms with Crippen molar-refractivity contribution in [2.45, 2.75) is 38.8 Å². The van der Waals surface area contributed by atoms with Crippen molar-refractivity contribution in [1.82, 2.24) is 9.80 Å². The molecular weight excluding hydrogens is 502 g/mol. The van der Waals surface area contributed by atoms with E-state index in [-0.39, 0.29) is 18.9 Å². The summed E-state index contributed by atoms with van der Waals surface area (Å²) in [6.07, 6.45) is 2.28. The van der Waals surface area contributed by atoms with Gasteiger partial charge in [0.25, 0.3) is 0 Å². The Morgan fingerprint density at radius 3 is 2.53 bits per heavy atom. The van der Waals surface area contributed by atoms with E-state index in [9.17, 15) is 9.59 Å². The van der Waals surface area contributed by atoms with Crippen LogP contribution in [-0.2, 0) is 20.9 Å². The lowest BCUT2D eigenvalue weighted by Gasteiger charge is -2.37. The number of likely N-dealkylation sites (tertiary alicyclic amines) is 1. The average Bonchev–Trinajstić information content (AvgIpc) is 3.62. The van der Waals surface area contributed by atoms with Crippen LogP contribution in [0.25, 0.3) is 0 Å². The van der Waals surface area contributed by atoms with Gasteiger partial charge >= 0.3 is 5.97 Å². The van der Waals surface area contributed by atoms with Gasteiger partial charge < -0.3 is 24.0 Å². The Morgan fingerprint density at radius 2 is 1.82 bits per heavy atom. The van der Waals surface area contributed by atoms with Crippen LogP contribution in [0.1, 0.15) is 43.4 Å². The third kappa shape index (κ3) is 5.15. The smallest absolute Gasteiger partial charge is 0.338 e. The molecule has 1 saturated heterocycles. The number of amidine groups is 1. The van der Waals surface area contributed by atoms with Crippen molar-refractivity contribution in [2.75, 3.05) is 27.3 Å². The van der Waals surface area contributed by atoms with Crippen molar-refractivity contribution < 1.29 is 23.8 Å². The number of allylic oxidation sites excluding steroid dienone is 1. The number of hydrogen-bond donors (Lipinski definition) is 0. The van der Waals surface area contributed by atoms with Crippen molar-refractivity contribution in [3.8, 4) is 11.5 Å². The lowest BCUT2D eigenvalue weighted by molar-refractivity contribution is -0.141. The van der Waals surface area contributed by atoms with E-state index in [4.69, 9.17) is 19.2 Å². The number of ether oxygens (including phenoxy) is 3. The predicted molar refractivity (Wildman–Crippen MR) is 147 cm³/mol. The number of rotatable bonds is 8. The minimum Gasteiger partial charge on any atom is -0.497 e. The summed E-state index contributed by atoms with van der Waals surface area (Å²) in [6, 6.07) is 14.5. The van der Waals surface area contributed by atoms with E-state index in [0.29, 0.717) is 27.9 Å². The molecule has 0 aliphatic carbocycles. The van der Waals surface area contributed by atoms with Gasteiger partial charge in [-0.15, -0.1) is 0 Å². The summed E-state index contributed by atoms with van der Waals surface area (Å²) >= 11 is 1.45. The monoisotopic (exact) mass is 533 g/mol. The molecule has 0 aromatic heterocycles. The highest BCUT2D eigenvalue weighted by Gasteiger charge is 2.43. The number of nitrogens with zero attached hydrogens (tertiary/aromatic N) is 3. The van der Waals surface area contributed by atoms with Crippen molar-refractivity contribution in [3.05, 3.63) is 82.0 Å². The molecule has 38 heavy (non-hydrogen) atoms. The second-order valence-corrected chi connectivity index (χ2v) is 10.2. The first-order chi connectivity index (χ1) is 18.5. The highest BCUT2D eigenvalue weighted by molar-refractivity contribution is 8.16. The molecule has 0 bridgehead atoms. The third-order valence-electron chi connectivity index (χ3n) is 6.96. The van der Waals surface area contributed by atoms with Crippen LogP contribution < -0.4 is 9.47 Å². The zero-order valence-electron chi connectivity index (χ0n) is 21.8. The van der Waals surface area contributed by atoms with Crippen LogP contribution in [0, 0.1) is 0 Å². The van der Waals surface area contributed by atoms with Gasteiger partial charge in [0.2, 0.25) is 5.91 Å². The van der Waals surface area contributed by atoms with Gasteiger partial charge in [0.1, 0.15) is 18.1 Å². The number of carbonyl (C=O) groups excluding carboxylic acids is 2. The number of esters is 1. The van der Waals surface area contributed by atoms with E-state index >= 15 is 0 Å². The number of aliphatic imine (C=N–C) groups is 1. The lowest BCUT2D eigenvalue weighted by Crippen LogP contribution is -2.38. The molecule has 1 atom stereocenters. The number of benzene rings is 2. The van der Waals surface area contributed by atoms with Crippen molar-refractivity contribution >= 4 is 28.8 Å². The number of methoxy groups -OCH3 is 2. The zero-order valence-corrected chi connectivity index (χ0v) is 22.6. The molecule has 1 amide bonds. The molecule has 0 unspecified atom stereocenters. The number of fused-ring (bicyclic) bond motifs is 1. The maximum absolute atomic E-state index is 13.7. The Hall–Kier alpha value is -3.72. The Balaban J connectivity index is 1.53. The fourth-order valence-electron chi connectivity index (χ4n) is 5.01. The van der Waals surface area contributed by atoms with E-state index in [1.165, 1.54) is 11.8 Å². The number of hydrogen-bond acceptors (Lipinski definition) is 8. The van der Waals surface area contributed by atoms with Crippen molar-refractivity contribution in [2.24, 2.45) is 4.99 Å². The summed E-state index contributed by atoms with van der Waals surface area (Å²) in [5.41, 5.74) is 3.38. The molecule has 3 aliphatic heterocycles. The van der Waals surface area contributed by atoms with Gasteiger partial charge in [0.15, 0.2) is 5.17 Å². The van der Waals surface area contributed by atoms with Gasteiger partial charge in [-0.1, -0.05) is 42.1 Å². The predicted octanol–water partition coefficient (Wildman–Crippen LogP) is 5.03. The quantitative estimate of drug-likeness (QED) is 0.440. The summed E-state index contributed by atoms with van der Waals surface area (Å²) in [7, 11) is 3.20. The van der Waals surface area contributed by atoms with E-state index < -0.39 is 12.0 Å². The maximum Gasteiger partial charge on any atom is 0.338 e. The second kappa shape index (κ2) is 11.3. The van der Waals surface area contributed by atoms with Gasteiger partial charge in [0, 0.05) is 24.4 Å². The van der Waals surface area contributed by atoms with Crippen LogP contribution in [0.15, 0.2) is 75.9 Å². The van der Waals surface area contributed by atoms with Gasteiger partial charge in [-0.25, -0.2) is 9.79 Å².